The fourth-order valence-electron chi connectivity index (χ4n) is 5.27. The van der Waals surface area contributed by atoms with Gasteiger partial charge in [-0.25, -0.2) is 0 Å². The molecule has 2 fully saturated rings. The van der Waals surface area contributed by atoms with E-state index in [4.69, 9.17) is 44.1 Å². The molecule has 3 aromatic carbocycles. The summed E-state index contributed by atoms with van der Waals surface area (Å²) in [6.45, 7) is 0.236. The molecule has 1 N–H and O–H groups in total. The van der Waals surface area contributed by atoms with Crippen molar-refractivity contribution in [2.75, 3.05) is 6.26 Å². The molecule has 0 radical (unpaired) electrons. The molecular weight excluding hydrogens is 561 g/mol. The SMILES string of the molecule is CSc1cccc(C2CC(O)(c3ccc(OCc4c(-c5c(Cl)cccc5Cl)noc4C4CC4)cc3Cl)C2)c1. The highest BCUT2D eigenvalue weighted by Gasteiger charge is 2.45. The number of rotatable bonds is 8. The summed E-state index contributed by atoms with van der Waals surface area (Å²) in [6, 6.07) is 19.4. The van der Waals surface area contributed by atoms with E-state index in [9.17, 15) is 5.11 Å². The van der Waals surface area contributed by atoms with Crippen molar-refractivity contribution in [3.8, 4) is 17.0 Å². The number of ether oxygens (including phenoxy) is 1. The van der Waals surface area contributed by atoms with Crippen LogP contribution in [0.1, 0.15) is 60.0 Å². The minimum Gasteiger partial charge on any atom is -0.489 e. The van der Waals surface area contributed by atoms with Crippen molar-refractivity contribution in [3.63, 3.8) is 0 Å². The lowest BCUT2D eigenvalue weighted by Crippen LogP contribution is -2.40. The lowest BCUT2D eigenvalue weighted by atomic mass is 9.65. The predicted molar refractivity (Wildman–Crippen MR) is 154 cm³/mol. The molecule has 4 nitrogen and oxygen atoms in total. The van der Waals surface area contributed by atoms with Gasteiger partial charge in [-0.15, -0.1) is 11.8 Å². The van der Waals surface area contributed by atoms with Crippen LogP contribution in [-0.4, -0.2) is 16.5 Å². The van der Waals surface area contributed by atoms with Gasteiger partial charge in [-0.05, 0) is 79.8 Å². The molecule has 196 valence electrons. The first kappa shape index (κ1) is 26.1. The molecule has 2 saturated carbocycles. The Balaban J connectivity index is 1.19. The van der Waals surface area contributed by atoms with Gasteiger partial charge in [0.1, 0.15) is 23.8 Å². The van der Waals surface area contributed by atoms with Crippen LogP contribution in [0.5, 0.6) is 5.75 Å². The fraction of sp³-hybridized carbons (Fsp3) is 0.300. The van der Waals surface area contributed by atoms with Gasteiger partial charge >= 0.3 is 0 Å². The highest BCUT2D eigenvalue weighted by Crippen LogP contribution is 2.53. The van der Waals surface area contributed by atoms with Gasteiger partial charge in [-0.3, -0.25) is 0 Å². The Morgan fingerprint density at radius 1 is 0.974 bits per heavy atom. The van der Waals surface area contributed by atoms with Crippen molar-refractivity contribution in [2.45, 2.75) is 54.6 Å². The molecule has 2 aliphatic rings. The third-order valence-electron chi connectivity index (χ3n) is 7.52. The molecule has 1 aromatic heterocycles. The maximum Gasteiger partial charge on any atom is 0.147 e. The Morgan fingerprint density at radius 2 is 1.71 bits per heavy atom. The van der Waals surface area contributed by atoms with Crippen LogP contribution in [0.4, 0.5) is 0 Å². The smallest absolute Gasteiger partial charge is 0.147 e. The highest BCUT2D eigenvalue weighted by atomic mass is 35.5. The zero-order valence-corrected chi connectivity index (χ0v) is 23.8. The van der Waals surface area contributed by atoms with E-state index in [1.807, 2.05) is 12.1 Å². The average Bonchev–Trinajstić information content (AvgIpc) is 3.65. The molecular formula is C30H26Cl3NO3S. The third kappa shape index (κ3) is 4.96. The first-order valence-electron chi connectivity index (χ1n) is 12.6. The molecule has 0 amide bonds. The van der Waals surface area contributed by atoms with Gasteiger partial charge in [0.25, 0.3) is 0 Å². The van der Waals surface area contributed by atoms with Crippen LogP contribution in [0.25, 0.3) is 11.3 Å². The molecule has 4 aromatic rings. The number of benzene rings is 3. The summed E-state index contributed by atoms with van der Waals surface area (Å²) in [7, 11) is 0. The molecule has 0 saturated heterocycles. The van der Waals surface area contributed by atoms with Crippen LogP contribution < -0.4 is 4.74 Å². The number of aliphatic hydroxyl groups is 1. The molecule has 8 heteroatoms. The molecule has 38 heavy (non-hydrogen) atoms. The lowest BCUT2D eigenvalue weighted by molar-refractivity contribution is -0.0549. The Morgan fingerprint density at radius 3 is 2.39 bits per heavy atom. The summed E-state index contributed by atoms with van der Waals surface area (Å²) in [5.74, 6) is 2.06. The maximum atomic E-state index is 11.3. The van der Waals surface area contributed by atoms with Gasteiger partial charge < -0.3 is 14.4 Å². The number of hydrogen-bond donors (Lipinski definition) is 1. The van der Waals surface area contributed by atoms with Gasteiger partial charge in [0.05, 0.1) is 26.2 Å². The van der Waals surface area contributed by atoms with Crippen molar-refractivity contribution >= 4 is 46.6 Å². The standard InChI is InChI=1S/C30H26Cl3NO3S/c1-38-21-5-2-4-18(12-21)19-14-30(35,15-19)23-11-10-20(13-26(23)33)36-16-22-28(34-37-29(22)17-8-9-17)27-24(31)6-3-7-25(27)32/h2-7,10-13,17,19,35H,8-9,14-16H2,1H3. The monoisotopic (exact) mass is 585 g/mol. The van der Waals surface area contributed by atoms with E-state index in [1.54, 1.807) is 36.0 Å². The Labute approximate surface area is 241 Å². The highest BCUT2D eigenvalue weighted by molar-refractivity contribution is 7.98. The molecule has 0 spiro atoms. The van der Waals surface area contributed by atoms with Crippen LogP contribution in [0.15, 0.2) is 70.1 Å². The van der Waals surface area contributed by atoms with Gasteiger partial charge in [0, 0.05) is 21.9 Å². The molecule has 6 rings (SSSR count). The molecule has 0 unspecified atom stereocenters. The molecule has 2 aliphatic carbocycles. The first-order chi connectivity index (χ1) is 18.4. The second kappa shape index (κ2) is 10.4. The first-order valence-corrected chi connectivity index (χ1v) is 14.9. The van der Waals surface area contributed by atoms with Gasteiger partial charge in [-0.2, -0.15) is 0 Å². The normalized spacial score (nSPS) is 20.8. The zero-order chi connectivity index (χ0) is 26.4. The quantitative estimate of drug-likeness (QED) is 0.209. The Kier molecular flexibility index (Phi) is 7.17. The van der Waals surface area contributed by atoms with E-state index in [1.165, 1.54) is 10.5 Å². The Bertz CT molecular complexity index is 1470. The van der Waals surface area contributed by atoms with E-state index in [0.29, 0.717) is 56.8 Å². The zero-order valence-electron chi connectivity index (χ0n) is 20.7. The fourth-order valence-corrected chi connectivity index (χ4v) is 6.66. The number of nitrogens with zero attached hydrogens (tertiary/aromatic N) is 1. The Hall–Kier alpha value is -2.15. The summed E-state index contributed by atoms with van der Waals surface area (Å²) in [5, 5.41) is 17.2. The maximum absolute atomic E-state index is 11.3. The van der Waals surface area contributed by atoms with Gasteiger partial charge in [0.15, 0.2) is 0 Å². The molecule has 0 atom stereocenters. The number of thioether (sulfide) groups is 1. The van der Waals surface area contributed by atoms with Crippen molar-refractivity contribution in [1.82, 2.24) is 5.16 Å². The number of aromatic nitrogens is 1. The van der Waals surface area contributed by atoms with Crippen molar-refractivity contribution in [1.29, 1.82) is 0 Å². The van der Waals surface area contributed by atoms with E-state index >= 15 is 0 Å². The summed E-state index contributed by atoms with van der Waals surface area (Å²) in [5.41, 5.74) is 3.13. The van der Waals surface area contributed by atoms with Gasteiger partial charge in [0.2, 0.25) is 0 Å². The van der Waals surface area contributed by atoms with Gasteiger partial charge in [-0.1, -0.05) is 64.2 Å². The van der Waals surface area contributed by atoms with E-state index in [0.717, 1.165) is 29.7 Å². The predicted octanol–water partition coefficient (Wildman–Crippen LogP) is 9.25. The minimum absolute atomic E-state index is 0.236. The molecule has 0 bridgehead atoms. The minimum atomic E-state index is -0.947. The molecule has 0 aliphatic heterocycles. The van der Waals surface area contributed by atoms with Crippen LogP contribution in [0.2, 0.25) is 15.1 Å². The van der Waals surface area contributed by atoms with Crippen LogP contribution in [0.3, 0.4) is 0 Å². The second-order valence-electron chi connectivity index (χ2n) is 10.1. The van der Waals surface area contributed by atoms with Crippen molar-refractivity contribution in [3.05, 3.63) is 98.2 Å². The topological polar surface area (TPSA) is 55.5 Å². The van der Waals surface area contributed by atoms with Crippen molar-refractivity contribution in [2.24, 2.45) is 0 Å². The summed E-state index contributed by atoms with van der Waals surface area (Å²) >= 11 is 21.4. The summed E-state index contributed by atoms with van der Waals surface area (Å²) in [6.07, 6.45) is 5.46. The summed E-state index contributed by atoms with van der Waals surface area (Å²) in [4.78, 5) is 1.23. The van der Waals surface area contributed by atoms with Crippen LogP contribution >= 0.6 is 46.6 Å². The van der Waals surface area contributed by atoms with Crippen LogP contribution in [-0.2, 0) is 12.2 Å². The average molecular weight is 587 g/mol. The summed E-state index contributed by atoms with van der Waals surface area (Å²) < 4.78 is 11.9. The van der Waals surface area contributed by atoms with E-state index < -0.39 is 5.60 Å². The van der Waals surface area contributed by atoms with Crippen molar-refractivity contribution < 1.29 is 14.4 Å². The lowest BCUT2D eigenvalue weighted by Gasteiger charge is -2.45. The number of hydrogen-bond acceptors (Lipinski definition) is 5. The second-order valence-corrected chi connectivity index (χ2v) is 12.2. The number of halogens is 3. The molecule has 1 heterocycles. The van der Waals surface area contributed by atoms with E-state index in [-0.39, 0.29) is 6.61 Å². The van der Waals surface area contributed by atoms with E-state index in [2.05, 4.69) is 35.7 Å². The third-order valence-corrected chi connectivity index (χ3v) is 9.19. The van der Waals surface area contributed by atoms with Crippen LogP contribution in [0, 0.1) is 0 Å². The largest absolute Gasteiger partial charge is 0.489 e.